The van der Waals surface area contributed by atoms with Crippen molar-refractivity contribution in [2.75, 3.05) is 13.1 Å². The van der Waals surface area contributed by atoms with Crippen molar-refractivity contribution in [1.29, 1.82) is 0 Å². The smallest absolute Gasteiger partial charge is 0.317 e. The van der Waals surface area contributed by atoms with Gasteiger partial charge in [-0.05, 0) is 6.42 Å². The number of hydrogen-bond acceptors (Lipinski definition) is 4. The fraction of sp³-hybridized carbons (Fsp3) is 0.800. The zero-order valence-corrected chi connectivity index (χ0v) is 9.67. The molecule has 1 aliphatic heterocycles. The fourth-order valence-electron chi connectivity index (χ4n) is 1.71. The average Bonchev–Trinajstić information content (AvgIpc) is 2.57. The molecule has 1 heterocycles. The van der Waals surface area contributed by atoms with Crippen LogP contribution in [0.4, 0.5) is 4.79 Å². The van der Waals surface area contributed by atoms with Gasteiger partial charge in [0.15, 0.2) is 0 Å². The first-order valence-corrected chi connectivity index (χ1v) is 5.57. The van der Waals surface area contributed by atoms with Crippen molar-refractivity contribution in [1.82, 2.24) is 10.2 Å². The number of hydrogen-bond donors (Lipinski definition) is 4. The highest BCUT2D eigenvalue weighted by Gasteiger charge is 2.33. The lowest BCUT2D eigenvalue weighted by molar-refractivity contribution is -0.137. The highest BCUT2D eigenvalue weighted by Crippen LogP contribution is 2.10. The van der Waals surface area contributed by atoms with E-state index in [-0.39, 0.29) is 19.5 Å². The van der Waals surface area contributed by atoms with E-state index >= 15 is 0 Å². The van der Waals surface area contributed by atoms with E-state index in [9.17, 15) is 19.8 Å². The number of nitrogens with one attached hydrogen (secondary N) is 1. The Morgan fingerprint density at radius 3 is 2.29 bits per heavy atom. The van der Waals surface area contributed by atoms with Gasteiger partial charge in [0.2, 0.25) is 0 Å². The Morgan fingerprint density at radius 2 is 1.88 bits per heavy atom. The van der Waals surface area contributed by atoms with Gasteiger partial charge in [-0.3, -0.25) is 4.79 Å². The second kappa shape index (κ2) is 5.83. The minimum absolute atomic E-state index is 0.0660. The SMILES string of the molecule is CCC(CC(=O)O)NC(=O)N1CC(O)C(O)C1. The second-order valence-corrected chi connectivity index (χ2v) is 4.19. The van der Waals surface area contributed by atoms with Crippen molar-refractivity contribution in [2.24, 2.45) is 0 Å². The summed E-state index contributed by atoms with van der Waals surface area (Å²) >= 11 is 0. The van der Waals surface area contributed by atoms with Gasteiger partial charge in [-0.1, -0.05) is 6.92 Å². The first-order chi connectivity index (χ1) is 7.93. The van der Waals surface area contributed by atoms with Crippen LogP contribution in [0.15, 0.2) is 0 Å². The van der Waals surface area contributed by atoms with E-state index in [0.717, 1.165) is 0 Å². The molecule has 0 saturated carbocycles. The molecule has 1 rings (SSSR count). The minimum atomic E-state index is -0.973. The van der Waals surface area contributed by atoms with Crippen molar-refractivity contribution in [3.63, 3.8) is 0 Å². The number of carboxylic acid groups (broad SMARTS) is 1. The molecule has 1 aliphatic rings. The van der Waals surface area contributed by atoms with Crippen LogP contribution in [-0.4, -0.2) is 63.6 Å². The Morgan fingerprint density at radius 1 is 1.35 bits per heavy atom. The number of urea groups is 1. The normalized spacial score (nSPS) is 25.7. The number of rotatable bonds is 4. The van der Waals surface area contributed by atoms with Crippen molar-refractivity contribution < 1.29 is 24.9 Å². The Balaban J connectivity index is 2.45. The molecule has 0 aromatic carbocycles. The third kappa shape index (κ3) is 3.86. The zero-order chi connectivity index (χ0) is 13.0. The molecule has 0 spiro atoms. The molecular formula is C10H18N2O5. The molecule has 1 saturated heterocycles. The summed E-state index contributed by atoms with van der Waals surface area (Å²) in [5, 5.41) is 29.8. The molecule has 7 heteroatoms. The van der Waals surface area contributed by atoms with Gasteiger partial charge >= 0.3 is 12.0 Å². The maximum atomic E-state index is 11.7. The number of aliphatic hydroxyl groups excluding tert-OH is 2. The molecule has 3 atom stereocenters. The maximum absolute atomic E-state index is 11.7. The van der Waals surface area contributed by atoms with Crippen LogP contribution in [0.3, 0.4) is 0 Å². The summed E-state index contributed by atoms with van der Waals surface area (Å²) in [5.74, 6) is -0.973. The maximum Gasteiger partial charge on any atom is 0.317 e. The topological polar surface area (TPSA) is 110 Å². The van der Waals surface area contributed by atoms with E-state index in [1.54, 1.807) is 6.92 Å². The zero-order valence-electron chi connectivity index (χ0n) is 9.67. The van der Waals surface area contributed by atoms with Gasteiger partial charge < -0.3 is 25.5 Å². The lowest BCUT2D eigenvalue weighted by Gasteiger charge is -2.21. The van der Waals surface area contributed by atoms with Crippen LogP contribution in [0.2, 0.25) is 0 Å². The van der Waals surface area contributed by atoms with Gasteiger partial charge in [0.1, 0.15) is 0 Å². The van der Waals surface area contributed by atoms with E-state index in [1.807, 2.05) is 0 Å². The molecule has 0 aromatic rings. The number of aliphatic carboxylic acids is 1. The number of amides is 2. The minimum Gasteiger partial charge on any atom is -0.481 e. The molecule has 98 valence electrons. The number of carboxylic acids is 1. The van der Waals surface area contributed by atoms with Crippen LogP contribution in [-0.2, 0) is 4.79 Å². The molecule has 2 amide bonds. The van der Waals surface area contributed by atoms with Crippen LogP contribution in [0.25, 0.3) is 0 Å². The fourth-order valence-corrected chi connectivity index (χ4v) is 1.71. The monoisotopic (exact) mass is 246 g/mol. The van der Waals surface area contributed by atoms with Crippen LogP contribution in [0.1, 0.15) is 19.8 Å². The summed E-state index contributed by atoms with van der Waals surface area (Å²) in [6, 6.07) is -0.886. The quantitative estimate of drug-likeness (QED) is 0.508. The van der Waals surface area contributed by atoms with E-state index < -0.39 is 30.3 Å². The number of likely N-dealkylation sites (tertiary alicyclic amines) is 1. The average molecular weight is 246 g/mol. The van der Waals surface area contributed by atoms with Gasteiger partial charge in [0, 0.05) is 6.04 Å². The van der Waals surface area contributed by atoms with Crippen LogP contribution < -0.4 is 5.32 Å². The van der Waals surface area contributed by atoms with Gasteiger partial charge in [0.05, 0.1) is 31.7 Å². The van der Waals surface area contributed by atoms with Crippen LogP contribution >= 0.6 is 0 Å². The number of carbonyl (C=O) groups excluding carboxylic acids is 1. The summed E-state index contributed by atoms with van der Waals surface area (Å²) in [4.78, 5) is 23.5. The van der Waals surface area contributed by atoms with Crippen LogP contribution in [0, 0.1) is 0 Å². The van der Waals surface area contributed by atoms with Gasteiger partial charge in [0.25, 0.3) is 0 Å². The summed E-state index contributed by atoms with van der Waals surface area (Å²) < 4.78 is 0. The summed E-state index contributed by atoms with van der Waals surface area (Å²) in [7, 11) is 0. The third-order valence-electron chi connectivity index (χ3n) is 2.79. The van der Waals surface area contributed by atoms with E-state index in [0.29, 0.717) is 6.42 Å². The standard InChI is InChI=1S/C10H18N2O5/c1-2-6(3-9(15)16)11-10(17)12-4-7(13)8(14)5-12/h6-8,13-14H,2-5H2,1H3,(H,11,17)(H,15,16). The largest absolute Gasteiger partial charge is 0.481 e. The molecule has 7 nitrogen and oxygen atoms in total. The van der Waals surface area contributed by atoms with Crippen molar-refractivity contribution in [2.45, 2.75) is 38.0 Å². The van der Waals surface area contributed by atoms with Crippen molar-refractivity contribution in [3.05, 3.63) is 0 Å². The molecule has 4 N–H and O–H groups in total. The lowest BCUT2D eigenvalue weighted by Crippen LogP contribution is -2.44. The molecule has 0 aliphatic carbocycles. The van der Waals surface area contributed by atoms with Crippen LogP contribution in [0.5, 0.6) is 0 Å². The summed E-state index contributed by atoms with van der Waals surface area (Å²) in [5.41, 5.74) is 0. The predicted molar refractivity (Wildman–Crippen MR) is 58.5 cm³/mol. The molecule has 0 aromatic heterocycles. The number of carbonyl (C=O) groups is 2. The second-order valence-electron chi connectivity index (χ2n) is 4.19. The van der Waals surface area contributed by atoms with Gasteiger partial charge in [-0.25, -0.2) is 4.79 Å². The third-order valence-corrected chi connectivity index (χ3v) is 2.79. The molecule has 3 unspecified atom stereocenters. The first kappa shape index (κ1) is 13.7. The van der Waals surface area contributed by atoms with E-state index in [1.165, 1.54) is 4.90 Å². The Labute approximate surface area is 99.0 Å². The molecular weight excluding hydrogens is 228 g/mol. The Kier molecular flexibility index (Phi) is 4.71. The predicted octanol–water partition coefficient (Wildman–Crippen LogP) is -1.01. The van der Waals surface area contributed by atoms with E-state index in [2.05, 4.69) is 5.32 Å². The first-order valence-electron chi connectivity index (χ1n) is 5.57. The highest BCUT2D eigenvalue weighted by atomic mass is 16.4. The molecule has 0 radical (unpaired) electrons. The molecule has 17 heavy (non-hydrogen) atoms. The summed E-state index contributed by atoms with van der Waals surface area (Å²) in [6.45, 7) is 1.91. The number of β-amino-alcohol motifs (C(OH)–C–C–N with tert-alkyl or cyclic N) is 2. The van der Waals surface area contributed by atoms with E-state index in [4.69, 9.17) is 5.11 Å². The Hall–Kier alpha value is -1.34. The van der Waals surface area contributed by atoms with Crippen molar-refractivity contribution in [3.8, 4) is 0 Å². The summed E-state index contributed by atoms with van der Waals surface area (Å²) in [6.07, 6.45) is -1.49. The number of nitrogens with zero attached hydrogens (tertiary/aromatic N) is 1. The highest BCUT2D eigenvalue weighted by molar-refractivity contribution is 5.76. The van der Waals surface area contributed by atoms with Gasteiger partial charge in [-0.2, -0.15) is 0 Å². The van der Waals surface area contributed by atoms with Gasteiger partial charge in [-0.15, -0.1) is 0 Å². The molecule has 1 fully saturated rings. The lowest BCUT2D eigenvalue weighted by atomic mass is 10.1. The number of aliphatic hydroxyl groups is 2. The molecule has 0 bridgehead atoms. The Bertz CT molecular complexity index is 286. The van der Waals surface area contributed by atoms with Crippen molar-refractivity contribution >= 4 is 12.0 Å².